The van der Waals surface area contributed by atoms with Crippen LogP contribution < -0.4 is 0 Å². The third-order valence-corrected chi connectivity index (χ3v) is 4.47. The third kappa shape index (κ3) is 17.7. The van der Waals surface area contributed by atoms with Gasteiger partial charge in [0, 0.05) is 11.8 Å². The van der Waals surface area contributed by atoms with Crippen molar-refractivity contribution in [3.63, 3.8) is 0 Å². The molecule has 0 radical (unpaired) electrons. The van der Waals surface area contributed by atoms with Gasteiger partial charge in [0.15, 0.2) is 0 Å². The van der Waals surface area contributed by atoms with Crippen LogP contribution in [0.5, 0.6) is 0 Å². The largest absolute Gasteiger partial charge is 0.481 e. The van der Waals surface area contributed by atoms with Gasteiger partial charge in [-0.3, -0.25) is 4.79 Å². The van der Waals surface area contributed by atoms with E-state index in [0.717, 1.165) is 32.1 Å². The zero-order valence-electron chi connectivity index (χ0n) is 13.9. The number of hydrogen-bond donors (Lipinski definition) is 1. The van der Waals surface area contributed by atoms with Crippen LogP contribution in [0.3, 0.4) is 0 Å². The smallest absolute Gasteiger partial charge is 0.303 e. The molecule has 0 rings (SSSR count). The summed E-state index contributed by atoms with van der Waals surface area (Å²) in [5.74, 6) is -0.688. The Morgan fingerprint density at radius 2 is 1.24 bits per heavy atom. The van der Waals surface area contributed by atoms with Crippen LogP contribution in [0.25, 0.3) is 0 Å². The lowest BCUT2D eigenvalue weighted by Crippen LogP contribution is -1.99. The van der Waals surface area contributed by atoms with E-state index in [2.05, 4.69) is 6.92 Å². The number of carboxylic acid groups (broad SMARTS) is 1. The Balaban J connectivity index is 3.15. The number of carbonyl (C=O) groups is 1. The average molecular weight is 319 g/mol. The van der Waals surface area contributed by atoms with Gasteiger partial charge in [0.25, 0.3) is 0 Å². The van der Waals surface area contributed by atoms with Crippen molar-refractivity contribution in [1.29, 1.82) is 0 Å². The fourth-order valence-electron chi connectivity index (χ4n) is 2.64. The maximum Gasteiger partial charge on any atom is 0.303 e. The van der Waals surface area contributed by atoms with Gasteiger partial charge in [0.05, 0.1) is 0 Å². The number of rotatable bonds is 16. The molecule has 0 aliphatic rings. The predicted molar refractivity (Wildman–Crippen MR) is 92.2 cm³/mol. The minimum absolute atomic E-state index is 0.291. The minimum Gasteiger partial charge on any atom is -0.481 e. The standard InChI is InChI=1S/C18H35ClO2/c1-2-3-4-5-6-7-8-9-11-14-17(19)15-12-10-13-16-18(20)21/h17H,2-16H2,1H3,(H,20,21). The Bertz CT molecular complexity index is 231. The minimum atomic E-state index is -0.688. The molecule has 0 aliphatic heterocycles. The molecule has 0 aromatic heterocycles. The van der Waals surface area contributed by atoms with E-state index in [1.165, 1.54) is 57.8 Å². The zero-order chi connectivity index (χ0) is 15.8. The third-order valence-electron chi connectivity index (χ3n) is 4.03. The van der Waals surface area contributed by atoms with Crippen molar-refractivity contribution in [2.45, 2.75) is 109 Å². The first-order chi connectivity index (χ1) is 10.2. The molecule has 126 valence electrons. The Hall–Kier alpha value is -0.240. The topological polar surface area (TPSA) is 37.3 Å². The highest BCUT2D eigenvalue weighted by Gasteiger charge is 2.04. The van der Waals surface area contributed by atoms with Gasteiger partial charge < -0.3 is 5.11 Å². The molecule has 1 unspecified atom stereocenters. The number of aliphatic carboxylic acids is 1. The van der Waals surface area contributed by atoms with E-state index in [1.807, 2.05) is 0 Å². The molecule has 21 heavy (non-hydrogen) atoms. The van der Waals surface area contributed by atoms with Crippen LogP contribution in [0.1, 0.15) is 103 Å². The molecule has 0 saturated heterocycles. The molecule has 2 nitrogen and oxygen atoms in total. The first-order valence-corrected chi connectivity index (χ1v) is 9.46. The molecule has 0 spiro atoms. The van der Waals surface area contributed by atoms with Crippen LogP contribution >= 0.6 is 11.6 Å². The number of hydrogen-bond acceptors (Lipinski definition) is 1. The van der Waals surface area contributed by atoms with Crippen molar-refractivity contribution in [2.75, 3.05) is 0 Å². The van der Waals surface area contributed by atoms with E-state index in [-0.39, 0.29) is 0 Å². The second-order valence-electron chi connectivity index (χ2n) is 6.21. The van der Waals surface area contributed by atoms with Crippen LogP contribution in [0.4, 0.5) is 0 Å². The van der Waals surface area contributed by atoms with Gasteiger partial charge in [-0.05, 0) is 19.3 Å². The summed E-state index contributed by atoms with van der Waals surface area (Å²) in [5.41, 5.74) is 0. The molecular formula is C18H35ClO2. The Labute approximate surface area is 136 Å². The van der Waals surface area contributed by atoms with Crippen molar-refractivity contribution in [1.82, 2.24) is 0 Å². The monoisotopic (exact) mass is 318 g/mol. The summed E-state index contributed by atoms with van der Waals surface area (Å²) in [6.07, 6.45) is 17.5. The number of unbranched alkanes of at least 4 members (excludes halogenated alkanes) is 10. The van der Waals surface area contributed by atoms with Crippen LogP contribution in [0.15, 0.2) is 0 Å². The highest BCUT2D eigenvalue weighted by Crippen LogP contribution is 2.17. The van der Waals surface area contributed by atoms with Gasteiger partial charge in [0.1, 0.15) is 0 Å². The second kappa shape index (κ2) is 16.1. The van der Waals surface area contributed by atoms with Gasteiger partial charge >= 0.3 is 5.97 Å². The van der Waals surface area contributed by atoms with Crippen molar-refractivity contribution in [3.05, 3.63) is 0 Å². The summed E-state index contributed by atoms with van der Waals surface area (Å²) in [4.78, 5) is 10.4. The lowest BCUT2D eigenvalue weighted by Gasteiger charge is -2.09. The molecule has 0 aromatic rings. The molecule has 0 fully saturated rings. The van der Waals surface area contributed by atoms with Gasteiger partial charge in [-0.15, -0.1) is 11.6 Å². The number of alkyl halides is 1. The van der Waals surface area contributed by atoms with Crippen molar-refractivity contribution in [2.24, 2.45) is 0 Å². The van der Waals surface area contributed by atoms with Gasteiger partial charge in [-0.1, -0.05) is 77.6 Å². The highest BCUT2D eigenvalue weighted by atomic mass is 35.5. The normalized spacial score (nSPS) is 12.5. The molecule has 0 amide bonds. The first kappa shape index (κ1) is 20.8. The van der Waals surface area contributed by atoms with Gasteiger partial charge in [-0.25, -0.2) is 0 Å². The van der Waals surface area contributed by atoms with Gasteiger partial charge in [-0.2, -0.15) is 0 Å². The summed E-state index contributed by atoms with van der Waals surface area (Å²) in [6, 6.07) is 0. The van der Waals surface area contributed by atoms with Crippen LogP contribution in [0, 0.1) is 0 Å². The Morgan fingerprint density at radius 1 is 0.810 bits per heavy atom. The number of halogens is 1. The summed E-state index contributed by atoms with van der Waals surface area (Å²) in [5, 5.41) is 8.83. The summed E-state index contributed by atoms with van der Waals surface area (Å²) >= 11 is 6.30. The van der Waals surface area contributed by atoms with E-state index in [9.17, 15) is 4.79 Å². The molecule has 0 bridgehead atoms. The molecule has 3 heteroatoms. The quantitative estimate of drug-likeness (QED) is 0.259. The highest BCUT2D eigenvalue weighted by molar-refractivity contribution is 6.20. The SMILES string of the molecule is CCCCCCCCCCCC(Cl)CCCCCC(=O)O. The summed E-state index contributed by atoms with van der Waals surface area (Å²) < 4.78 is 0. The van der Waals surface area contributed by atoms with Crippen molar-refractivity contribution < 1.29 is 9.90 Å². The van der Waals surface area contributed by atoms with E-state index in [4.69, 9.17) is 16.7 Å². The molecular weight excluding hydrogens is 284 g/mol. The molecule has 0 aromatic carbocycles. The van der Waals surface area contributed by atoms with E-state index in [1.54, 1.807) is 0 Å². The predicted octanol–water partition coefficient (Wildman–Crippen LogP) is 6.55. The average Bonchev–Trinajstić information content (AvgIpc) is 2.45. The molecule has 0 aliphatic carbocycles. The molecule has 0 saturated carbocycles. The van der Waals surface area contributed by atoms with Crippen molar-refractivity contribution >= 4 is 17.6 Å². The maximum absolute atomic E-state index is 10.4. The Kier molecular flexibility index (Phi) is 16.0. The molecule has 1 N–H and O–H groups in total. The molecule has 1 atom stereocenters. The van der Waals surface area contributed by atoms with E-state index < -0.39 is 5.97 Å². The van der Waals surface area contributed by atoms with E-state index >= 15 is 0 Å². The maximum atomic E-state index is 10.4. The summed E-state index contributed by atoms with van der Waals surface area (Å²) in [7, 11) is 0. The van der Waals surface area contributed by atoms with E-state index in [0.29, 0.717) is 11.8 Å². The van der Waals surface area contributed by atoms with Crippen molar-refractivity contribution in [3.8, 4) is 0 Å². The second-order valence-corrected chi connectivity index (χ2v) is 6.82. The molecule has 0 heterocycles. The lowest BCUT2D eigenvalue weighted by atomic mass is 10.0. The Morgan fingerprint density at radius 3 is 1.71 bits per heavy atom. The summed E-state index contributed by atoms with van der Waals surface area (Å²) in [6.45, 7) is 2.26. The fraction of sp³-hybridized carbons (Fsp3) is 0.944. The first-order valence-electron chi connectivity index (χ1n) is 9.02. The van der Waals surface area contributed by atoms with Crippen LogP contribution in [0.2, 0.25) is 0 Å². The lowest BCUT2D eigenvalue weighted by molar-refractivity contribution is -0.137. The van der Waals surface area contributed by atoms with Gasteiger partial charge in [0.2, 0.25) is 0 Å². The van der Waals surface area contributed by atoms with Crippen LogP contribution in [-0.4, -0.2) is 16.5 Å². The van der Waals surface area contributed by atoms with Crippen LogP contribution in [-0.2, 0) is 4.79 Å². The zero-order valence-corrected chi connectivity index (χ0v) is 14.7. The number of carboxylic acids is 1. The fourth-order valence-corrected chi connectivity index (χ4v) is 2.95.